The first-order valence-corrected chi connectivity index (χ1v) is 5.83. The van der Waals surface area contributed by atoms with Gasteiger partial charge in [0, 0.05) is 14.1 Å². The van der Waals surface area contributed by atoms with Crippen LogP contribution in [-0.4, -0.2) is 43.2 Å². The van der Waals surface area contributed by atoms with E-state index in [0.717, 1.165) is 0 Å². The molecule has 0 radical (unpaired) electrons. The predicted molar refractivity (Wildman–Crippen MR) is 67.9 cm³/mol. The number of likely N-dealkylation sites (N-methyl/N-ethyl adjacent to an activating group) is 1. The molecule has 1 rings (SSSR count). The molecule has 2 N–H and O–H groups in total. The Hall–Kier alpha value is -1.17. The Morgan fingerprint density at radius 2 is 2.22 bits per heavy atom. The molecule has 0 fully saturated rings. The van der Waals surface area contributed by atoms with E-state index in [9.17, 15) is 14.3 Å². The third kappa shape index (κ3) is 3.94. The first kappa shape index (κ1) is 14.9. The lowest BCUT2D eigenvalue weighted by Gasteiger charge is -2.18. The minimum Gasteiger partial charge on any atom is -0.394 e. The summed E-state index contributed by atoms with van der Waals surface area (Å²) in [5.74, 6) is -0.670. The second-order valence-electron chi connectivity index (χ2n) is 4.08. The summed E-state index contributed by atoms with van der Waals surface area (Å²) in [5, 5.41) is 12.1. The highest BCUT2D eigenvalue weighted by Crippen LogP contribution is 2.20. The van der Waals surface area contributed by atoms with Gasteiger partial charge >= 0.3 is 0 Å². The van der Waals surface area contributed by atoms with Crippen LogP contribution in [0, 0.1) is 5.82 Å². The van der Waals surface area contributed by atoms with Crippen LogP contribution in [0.3, 0.4) is 0 Å². The Labute approximate surface area is 110 Å². The fourth-order valence-electron chi connectivity index (χ4n) is 1.39. The van der Waals surface area contributed by atoms with Gasteiger partial charge in [-0.3, -0.25) is 10.1 Å². The van der Waals surface area contributed by atoms with Gasteiger partial charge in [-0.2, -0.15) is 0 Å². The van der Waals surface area contributed by atoms with Crippen molar-refractivity contribution < 1.29 is 14.3 Å². The zero-order valence-electron chi connectivity index (χ0n) is 10.3. The third-order valence-electron chi connectivity index (χ3n) is 2.53. The van der Waals surface area contributed by atoms with Crippen molar-refractivity contribution in [1.82, 2.24) is 10.2 Å². The predicted octanol–water partition coefficient (Wildman–Crippen LogP) is 1.19. The monoisotopic (exact) mass is 274 g/mol. The van der Waals surface area contributed by atoms with Gasteiger partial charge in [-0.15, -0.1) is 0 Å². The first-order valence-electron chi connectivity index (χ1n) is 5.45. The Bertz CT molecular complexity index is 427. The highest BCUT2D eigenvalue weighted by Gasteiger charge is 2.14. The van der Waals surface area contributed by atoms with E-state index < -0.39 is 11.9 Å². The van der Waals surface area contributed by atoms with Gasteiger partial charge < -0.3 is 10.0 Å². The molecule has 0 aliphatic rings. The molecule has 6 heteroatoms. The van der Waals surface area contributed by atoms with E-state index in [1.165, 1.54) is 17.0 Å². The molecule has 0 aliphatic carbocycles. The largest absolute Gasteiger partial charge is 0.394 e. The number of carbonyl (C=O) groups is 1. The summed E-state index contributed by atoms with van der Waals surface area (Å²) >= 11 is 5.58. The standard InChI is InChI=1S/C12H16ClFN2O2/c1-16(2)12(18)6-15-11(7-17)8-3-4-9(13)10(14)5-8/h3-5,11,15,17H,6-7H2,1-2H3. The molecule has 1 amide bonds. The smallest absolute Gasteiger partial charge is 0.236 e. The average Bonchev–Trinajstić information content (AvgIpc) is 2.33. The quantitative estimate of drug-likeness (QED) is 0.848. The number of benzene rings is 1. The van der Waals surface area contributed by atoms with Gasteiger partial charge in [0.1, 0.15) is 5.82 Å². The van der Waals surface area contributed by atoms with E-state index in [0.29, 0.717) is 5.56 Å². The molecule has 100 valence electrons. The lowest BCUT2D eigenvalue weighted by atomic mass is 10.1. The molecule has 0 heterocycles. The average molecular weight is 275 g/mol. The number of aliphatic hydroxyl groups is 1. The maximum Gasteiger partial charge on any atom is 0.236 e. The van der Waals surface area contributed by atoms with E-state index in [-0.39, 0.29) is 24.1 Å². The van der Waals surface area contributed by atoms with E-state index in [4.69, 9.17) is 11.6 Å². The van der Waals surface area contributed by atoms with Crippen molar-refractivity contribution in [2.75, 3.05) is 27.2 Å². The summed E-state index contributed by atoms with van der Waals surface area (Å²) in [6, 6.07) is 3.78. The number of amides is 1. The van der Waals surface area contributed by atoms with Crippen molar-refractivity contribution >= 4 is 17.5 Å². The summed E-state index contributed by atoms with van der Waals surface area (Å²) in [5.41, 5.74) is 0.547. The number of rotatable bonds is 5. The number of hydrogen-bond acceptors (Lipinski definition) is 3. The van der Waals surface area contributed by atoms with Crippen molar-refractivity contribution in [2.24, 2.45) is 0 Å². The summed E-state index contributed by atoms with van der Waals surface area (Å²) in [6.45, 7) is -0.162. The van der Waals surface area contributed by atoms with Gasteiger partial charge in [0.2, 0.25) is 5.91 Å². The minimum absolute atomic E-state index is 0.0276. The SMILES string of the molecule is CN(C)C(=O)CNC(CO)c1ccc(Cl)c(F)c1. The Morgan fingerprint density at radius 1 is 1.56 bits per heavy atom. The van der Waals surface area contributed by atoms with Crippen LogP contribution in [0.4, 0.5) is 4.39 Å². The van der Waals surface area contributed by atoms with E-state index in [1.54, 1.807) is 20.2 Å². The number of nitrogens with zero attached hydrogens (tertiary/aromatic N) is 1. The fourth-order valence-corrected chi connectivity index (χ4v) is 1.50. The summed E-state index contributed by atoms with van der Waals surface area (Å²) in [6.07, 6.45) is 0. The zero-order valence-corrected chi connectivity index (χ0v) is 11.0. The summed E-state index contributed by atoms with van der Waals surface area (Å²) in [7, 11) is 3.28. The number of hydrogen-bond donors (Lipinski definition) is 2. The van der Waals surface area contributed by atoms with Crippen molar-refractivity contribution in [2.45, 2.75) is 6.04 Å². The van der Waals surface area contributed by atoms with Crippen LogP contribution < -0.4 is 5.32 Å². The number of carbonyl (C=O) groups excluding carboxylic acids is 1. The molecule has 1 atom stereocenters. The topological polar surface area (TPSA) is 52.6 Å². The lowest BCUT2D eigenvalue weighted by Crippen LogP contribution is -2.36. The molecular weight excluding hydrogens is 259 g/mol. The molecule has 1 unspecified atom stereocenters. The van der Waals surface area contributed by atoms with Crippen LogP contribution in [0.5, 0.6) is 0 Å². The molecule has 0 bridgehead atoms. The highest BCUT2D eigenvalue weighted by molar-refractivity contribution is 6.30. The summed E-state index contributed by atoms with van der Waals surface area (Å²) in [4.78, 5) is 12.8. The van der Waals surface area contributed by atoms with Crippen LogP contribution >= 0.6 is 11.6 Å². The van der Waals surface area contributed by atoms with Crippen molar-refractivity contribution in [3.05, 3.63) is 34.6 Å². The van der Waals surface area contributed by atoms with E-state index in [1.807, 2.05) is 0 Å². The van der Waals surface area contributed by atoms with E-state index in [2.05, 4.69) is 5.32 Å². The van der Waals surface area contributed by atoms with Crippen molar-refractivity contribution in [3.8, 4) is 0 Å². The molecule has 18 heavy (non-hydrogen) atoms. The van der Waals surface area contributed by atoms with Crippen LogP contribution in [0.1, 0.15) is 11.6 Å². The van der Waals surface area contributed by atoms with Gasteiger partial charge in [-0.1, -0.05) is 17.7 Å². The Balaban J connectivity index is 2.71. The number of halogens is 2. The zero-order chi connectivity index (χ0) is 13.7. The van der Waals surface area contributed by atoms with Crippen LogP contribution in [0.2, 0.25) is 5.02 Å². The van der Waals surface area contributed by atoms with Crippen LogP contribution in [0.25, 0.3) is 0 Å². The van der Waals surface area contributed by atoms with Gasteiger partial charge in [-0.05, 0) is 17.7 Å². The molecule has 0 spiro atoms. The second-order valence-corrected chi connectivity index (χ2v) is 4.48. The maximum atomic E-state index is 13.3. The number of nitrogens with one attached hydrogen (secondary N) is 1. The molecule has 0 saturated carbocycles. The normalized spacial score (nSPS) is 12.3. The van der Waals surface area contributed by atoms with Crippen LogP contribution in [-0.2, 0) is 4.79 Å². The van der Waals surface area contributed by atoms with E-state index >= 15 is 0 Å². The van der Waals surface area contributed by atoms with Crippen molar-refractivity contribution in [3.63, 3.8) is 0 Å². The molecule has 0 saturated heterocycles. The fraction of sp³-hybridized carbons (Fsp3) is 0.417. The molecule has 1 aromatic rings. The maximum absolute atomic E-state index is 13.3. The van der Waals surface area contributed by atoms with Gasteiger partial charge in [0.25, 0.3) is 0 Å². The highest BCUT2D eigenvalue weighted by atomic mass is 35.5. The Kier molecular flexibility index (Phi) is 5.53. The summed E-state index contributed by atoms with van der Waals surface area (Å²) < 4.78 is 13.3. The van der Waals surface area contributed by atoms with Gasteiger partial charge in [0.15, 0.2) is 0 Å². The van der Waals surface area contributed by atoms with Gasteiger partial charge in [-0.25, -0.2) is 4.39 Å². The lowest BCUT2D eigenvalue weighted by molar-refractivity contribution is -0.127. The molecule has 4 nitrogen and oxygen atoms in total. The molecule has 0 aliphatic heterocycles. The minimum atomic E-state index is -0.548. The van der Waals surface area contributed by atoms with Crippen LogP contribution in [0.15, 0.2) is 18.2 Å². The van der Waals surface area contributed by atoms with Gasteiger partial charge in [0.05, 0.1) is 24.2 Å². The molecular formula is C12H16ClFN2O2. The first-order chi connectivity index (χ1) is 8.45. The molecule has 1 aromatic carbocycles. The molecule has 0 aromatic heterocycles. The Morgan fingerprint density at radius 3 is 2.72 bits per heavy atom. The third-order valence-corrected chi connectivity index (χ3v) is 2.83. The van der Waals surface area contributed by atoms with Crippen molar-refractivity contribution in [1.29, 1.82) is 0 Å². The second kappa shape index (κ2) is 6.68. The number of aliphatic hydroxyl groups excluding tert-OH is 1.